The summed E-state index contributed by atoms with van der Waals surface area (Å²) in [5.74, 6) is 0.865. The SMILES string of the molecule is Cc1cc(C)cc(OCC(C)Nc2nc(NC=O)nc(C(C)(C)F)n2)c1. The van der Waals surface area contributed by atoms with Crippen molar-refractivity contribution in [3.05, 3.63) is 35.2 Å². The molecule has 0 spiro atoms. The number of nitrogens with zero attached hydrogens (tertiary/aromatic N) is 3. The number of rotatable bonds is 8. The quantitative estimate of drug-likeness (QED) is 0.702. The van der Waals surface area contributed by atoms with E-state index >= 15 is 0 Å². The van der Waals surface area contributed by atoms with Gasteiger partial charge in [0.1, 0.15) is 12.4 Å². The van der Waals surface area contributed by atoms with E-state index in [0.717, 1.165) is 16.9 Å². The molecular formula is C18H24FN5O2. The second-order valence-corrected chi connectivity index (χ2v) is 6.72. The zero-order valence-electron chi connectivity index (χ0n) is 15.6. The van der Waals surface area contributed by atoms with Gasteiger partial charge in [-0.2, -0.15) is 15.0 Å². The normalized spacial score (nSPS) is 12.4. The van der Waals surface area contributed by atoms with Crippen molar-refractivity contribution in [2.45, 2.75) is 46.3 Å². The van der Waals surface area contributed by atoms with Crippen molar-refractivity contribution in [3.8, 4) is 5.75 Å². The fourth-order valence-corrected chi connectivity index (χ4v) is 2.32. The Bertz CT molecular complexity index is 756. The maximum Gasteiger partial charge on any atom is 0.234 e. The molecule has 140 valence electrons. The Morgan fingerprint density at radius 1 is 1.15 bits per heavy atom. The molecule has 1 aromatic carbocycles. The number of hydrogen-bond donors (Lipinski definition) is 2. The number of carbonyl (C=O) groups is 1. The number of aromatic nitrogens is 3. The number of alkyl halides is 1. The maximum absolute atomic E-state index is 14.2. The Hall–Kier alpha value is -2.77. The number of anilines is 2. The lowest BCUT2D eigenvalue weighted by Crippen LogP contribution is -2.26. The lowest BCUT2D eigenvalue weighted by atomic mass is 10.1. The number of carbonyl (C=O) groups excluding carboxylic acids is 1. The van der Waals surface area contributed by atoms with E-state index in [1.165, 1.54) is 13.8 Å². The number of benzene rings is 1. The van der Waals surface area contributed by atoms with Gasteiger partial charge in [0, 0.05) is 0 Å². The Balaban J connectivity index is 2.08. The van der Waals surface area contributed by atoms with Gasteiger partial charge in [0.05, 0.1) is 6.04 Å². The van der Waals surface area contributed by atoms with Crippen LogP contribution in [0.4, 0.5) is 16.3 Å². The van der Waals surface area contributed by atoms with Gasteiger partial charge in [0.2, 0.25) is 18.3 Å². The standard InChI is InChI=1S/C18H24FN5O2/c1-11-6-12(2)8-14(7-11)26-9-13(3)21-17-23-15(18(4,5)19)22-16(24-17)20-10-25/h6-8,10,13H,9H2,1-5H3,(H2,20,21,22,23,24,25). The molecule has 2 aromatic rings. The summed E-state index contributed by atoms with van der Waals surface area (Å²) in [6, 6.07) is 5.83. The van der Waals surface area contributed by atoms with Gasteiger partial charge in [-0.15, -0.1) is 0 Å². The topological polar surface area (TPSA) is 89.0 Å². The number of ether oxygens (including phenoxy) is 1. The molecular weight excluding hydrogens is 337 g/mol. The van der Waals surface area contributed by atoms with Gasteiger partial charge in [-0.1, -0.05) is 6.07 Å². The summed E-state index contributed by atoms with van der Waals surface area (Å²) in [6.07, 6.45) is 0.431. The van der Waals surface area contributed by atoms with Crippen LogP contribution in [0.25, 0.3) is 0 Å². The van der Waals surface area contributed by atoms with Gasteiger partial charge in [-0.05, 0) is 57.9 Å². The third-order valence-electron chi connectivity index (χ3n) is 3.43. The van der Waals surface area contributed by atoms with E-state index in [1.807, 2.05) is 32.9 Å². The molecule has 0 aliphatic rings. The van der Waals surface area contributed by atoms with Crippen molar-refractivity contribution in [2.75, 3.05) is 17.2 Å². The monoisotopic (exact) mass is 361 g/mol. The molecule has 1 atom stereocenters. The average Bonchev–Trinajstić information content (AvgIpc) is 2.51. The summed E-state index contributed by atoms with van der Waals surface area (Å²) >= 11 is 0. The van der Waals surface area contributed by atoms with E-state index in [1.54, 1.807) is 0 Å². The highest BCUT2D eigenvalue weighted by Crippen LogP contribution is 2.23. The van der Waals surface area contributed by atoms with Gasteiger partial charge in [0.25, 0.3) is 0 Å². The molecule has 1 unspecified atom stereocenters. The molecule has 0 fully saturated rings. The highest BCUT2D eigenvalue weighted by Gasteiger charge is 2.25. The Morgan fingerprint density at radius 2 is 1.77 bits per heavy atom. The number of hydrogen-bond acceptors (Lipinski definition) is 6. The highest BCUT2D eigenvalue weighted by atomic mass is 19.1. The van der Waals surface area contributed by atoms with Crippen molar-refractivity contribution in [2.24, 2.45) is 0 Å². The first kappa shape index (κ1) is 19.6. The lowest BCUT2D eigenvalue weighted by molar-refractivity contribution is -0.105. The number of aryl methyl sites for hydroxylation is 2. The van der Waals surface area contributed by atoms with Gasteiger partial charge in [-0.3, -0.25) is 10.1 Å². The molecule has 1 amide bonds. The molecule has 2 rings (SSSR count). The van der Waals surface area contributed by atoms with Crippen LogP contribution in [0, 0.1) is 13.8 Å². The van der Waals surface area contributed by atoms with E-state index in [9.17, 15) is 9.18 Å². The molecule has 0 aliphatic heterocycles. The second kappa shape index (κ2) is 8.07. The predicted molar refractivity (Wildman–Crippen MR) is 98.1 cm³/mol. The van der Waals surface area contributed by atoms with Crippen LogP contribution in [0.2, 0.25) is 0 Å². The van der Waals surface area contributed by atoms with Gasteiger partial charge >= 0.3 is 0 Å². The highest BCUT2D eigenvalue weighted by molar-refractivity contribution is 5.67. The third kappa shape index (κ3) is 5.65. The minimum Gasteiger partial charge on any atom is -0.491 e. The molecule has 0 bridgehead atoms. The molecule has 1 heterocycles. The van der Waals surface area contributed by atoms with E-state index in [4.69, 9.17) is 4.74 Å². The lowest BCUT2D eigenvalue weighted by Gasteiger charge is -2.18. The first-order chi connectivity index (χ1) is 12.2. The zero-order valence-corrected chi connectivity index (χ0v) is 15.6. The Morgan fingerprint density at radius 3 is 2.35 bits per heavy atom. The zero-order chi connectivity index (χ0) is 19.3. The van der Waals surface area contributed by atoms with Crippen LogP contribution < -0.4 is 15.4 Å². The molecule has 7 nitrogen and oxygen atoms in total. The van der Waals surface area contributed by atoms with E-state index in [2.05, 4.69) is 31.7 Å². The summed E-state index contributed by atoms with van der Waals surface area (Å²) in [5, 5.41) is 5.37. The first-order valence-corrected chi connectivity index (χ1v) is 8.30. The van der Waals surface area contributed by atoms with Crippen LogP contribution >= 0.6 is 0 Å². The molecule has 1 aromatic heterocycles. The van der Waals surface area contributed by atoms with E-state index in [-0.39, 0.29) is 23.8 Å². The van der Waals surface area contributed by atoms with Gasteiger partial charge in [-0.25, -0.2) is 4.39 Å². The summed E-state index contributed by atoms with van der Waals surface area (Å²) in [4.78, 5) is 22.7. The maximum atomic E-state index is 14.2. The summed E-state index contributed by atoms with van der Waals surface area (Å²) in [7, 11) is 0. The molecule has 26 heavy (non-hydrogen) atoms. The molecule has 2 N–H and O–H groups in total. The number of nitrogens with one attached hydrogen (secondary N) is 2. The molecule has 8 heteroatoms. The van der Waals surface area contributed by atoms with Crippen molar-refractivity contribution in [3.63, 3.8) is 0 Å². The summed E-state index contributed by atoms with van der Waals surface area (Å²) < 4.78 is 20.0. The summed E-state index contributed by atoms with van der Waals surface area (Å²) in [6.45, 7) is 8.94. The van der Waals surface area contributed by atoms with E-state index in [0.29, 0.717) is 13.0 Å². The van der Waals surface area contributed by atoms with Crippen molar-refractivity contribution < 1.29 is 13.9 Å². The third-order valence-corrected chi connectivity index (χ3v) is 3.43. The molecule has 0 aliphatic carbocycles. The van der Waals surface area contributed by atoms with Gasteiger partial charge in [0.15, 0.2) is 11.5 Å². The number of halogens is 1. The first-order valence-electron chi connectivity index (χ1n) is 8.30. The predicted octanol–water partition coefficient (Wildman–Crippen LogP) is 3.14. The molecule has 0 saturated heterocycles. The molecule has 0 saturated carbocycles. The van der Waals surface area contributed by atoms with Crippen LogP contribution in [-0.2, 0) is 10.5 Å². The average molecular weight is 361 g/mol. The van der Waals surface area contributed by atoms with Crippen LogP contribution in [0.15, 0.2) is 18.2 Å². The van der Waals surface area contributed by atoms with Crippen LogP contribution in [-0.4, -0.2) is 34.0 Å². The van der Waals surface area contributed by atoms with Crippen LogP contribution in [0.3, 0.4) is 0 Å². The van der Waals surface area contributed by atoms with Crippen LogP contribution in [0.5, 0.6) is 5.75 Å². The minimum atomic E-state index is -1.77. The van der Waals surface area contributed by atoms with Crippen molar-refractivity contribution in [1.82, 2.24) is 15.0 Å². The minimum absolute atomic E-state index is 0.0133. The smallest absolute Gasteiger partial charge is 0.234 e. The fraction of sp³-hybridized carbons (Fsp3) is 0.444. The van der Waals surface area contributed by atoms with Crippen molar-refractivity contribution >= 4 is 18.3 Å². The van der Waals surface area contributed by atoms with Gasteiger partial charge < -0.3 is 10.1 Å². The fourth-order valence-electron chi connectivity index (χ4n) is 2.32. The van der Waals surface area contributed by atoms with Crippen molar-refractivity contribution in [1.29, 1.82) is 0 Å². The molecule has 0 radical (unpaired) electrons. The largest absolute Gasteiger partial charge is 0.491 e. The van der Waals surface area contributed by atoms with E-state index < -0.39 is 5.67 Å². The Labute approximate surface area is 152 Å². The second-order valence-electron chi connectivity index (χ2n) is 6.72. The summed E-state index contributed by atoms with van der Waals surface area (Å²) in [5.41, 5.74) is 0.479. The van der Waals surface area contributed by atoms with Crippen LogP contribution in [0.1, 0.15) is 37.7 Å². The Kier molecular flexibility index (Phi) is 6.07. The number of amides is 1.